The van der Waals surface area contributed by atoms with Crippen LogP contribution in [0.1, 0.15) is 17.2 Å². The molecule has 0 saturated carbocycles. The Morgan fingerprint density at radius 1 is 1.20 bits per heavy atom. The Kier molecular flexibility index (Phi) is 5.02. The zero-order valence-corrected chi connectivity index (χ0v) is 13.4. The first-order valence-electron chi connectivity index (χ1n) is 6.02. The maximum Gasteiger partial charge on any atom is 0.129 e. The summed E-state index contributed by atoms with van der Waals surface area (Å²) < 4.78 is 19.9. The highest BCUT2D eigenvalue weighted by atomic mass is 79.9. The van der Waals surface area contributed by atoms with Crippen LogP contribution in [0.2, 0.25) is 5.02 Å². The normalized spacial score (nSPS) is 12.2. The number of rotatable bonds is 4. The second kappa shape index (κ2) is 6.57. The molecule has 1 atom stereocenters. The maximum atomic E-state index is 14.1. The highest BCUT2D eigenvalue weighted by molar-refractivity contribution is 9.10. The van der Waals surface area contributed by atoms with Gasteiger partial charge in [0.2, 0.25) is 0 Å². The largest absolute Gasteiger partial charge is 0.497 e. The van der Waals surface area contributed by atoms with Gasteiger partial charge in [-0.3, -0.25) is 0 Å². The SMILES string of the molecule is CNC(c1ccc(Br)cc1F)c1ccc(OC)cc1Cl. The van der Waals surface area contributed by atoms with E-state index in [-0.39, 0.29) is 11.9 Å². The number of nitrogens with one attached hydrogen (secondary N) is 1. The van der Waals surface area contributed by atoms with Crippen LogP contribution < -0.4 is 10.1 Å². The molecule has 0 spiro atoms. The van der Waals surface area contributed by atoms with Crippen molar-refractivity contribution >= 4 is 27.5 Å². The molecular weight excluding hydrogens is 345 g/mol. The summed E-state index contributed by atoms with van der Waals surface area (Å²) in [5.74, 6) is 0.385. The van der Waals surface area contributed by atoms with Gasteiger partial charge in [-0.2, -0.15) is 0 Å². The monoisotopic (exact) mass is 357 g/mol. The van der Waals surface area contributed by atoms with E-state index in [9.17, 15) is 4.39 Å². The van der Waals surface area contributed by atoms with Crippen molar-refractivity contribution in [2.45, 2.75) is 6.04 Å². The minimum absolute atomic E-state index is 0.286. The Morgan fingerprint density at radius 3 is 2.45 bits per heavy atom. The van der Waals surface area contributed by atoms with Crippen LogP contribution in [0, 0.1) is 5.82 Å². The Morgan fingerprint density at radius 2 is 1.90 bits per heavy atom. The Balaban J connectivity index is 2.47. The Labute approximate surface area is 131 Å². The van der Waals surface area contributed by atoms with Gasteiger partial charge >= 0.3 is 0 Å². The molecule has 0 amide bonds. The van der Waals surface area contributed by atoms with Crippen molar-refractivity contribution in [3.63, 3.8) is 0 Å². The predicted molar refractivity (Wildman–Crippen MR) is 83.0 cm³/mol. The maximum absolute atomic E-state index is 14.1. The summed E-state index contributed by atoms with van der Waals surface area (Å²) in [6.45, 7) is 0. The van der Waals surface area contributed by atoms with Gasteiger partial charge in [-0.05, 0) is 36.9 Å². The minimum Gasteiger partial charge on any atom is -0.497 e. The van der Waals surface area contributed by atoms with Gasteiger partial charge in [0.15, 0.2) is 0 Å². The van der Waals surface area contributed by atoms with Gasteiger partial charge < -0.3 is 10.1 Å². The lowest BCUT2D eigenvalue weighted by Gasteiger charge is -2.19. The highest BCUT2D eigenvalue weighted by Crippen LogP contribution is 2.32. The molecule has 2 aromatic rings. The van der Waals surface area contributed by atoms with Crippen molar-refractivity contribution in [2.24, 2.45) is 0 Å². The first-order valence-corrected chi connectivity index (χ1v) is 7.19. The topological polar surface area (TPSA) is 21.3 Å². The molecule has 0 aromatic heterocycles. The molecule has 2 nitrogen and oxygen atoms in total. The van der Waals surface area contributed by atoms with Crippen LogP contribution >= 0.6 is 27.5 Å². The fourth-order valence-corrected chi connectivity index (χ4v) is 2.70. The fourth-order valence-electron chi connectivity index (χ4n) is 2.08. The third-order valence-corrected chi connectivity index (χ3v) is 3.90. The van der Waals surface area contributed by atoms with Crippen molar-refractivity contribution in [3.05, 3.63) is 62.8 Å². The molecule has 0 fully saturated rings. The lowest BCUT2D eigenvalue weighted by atomic mass is 9.98. The molecule has 0 aliphatic carbocycles. The van der Waals surface area contributed by atoms with E-state index in [4.69, 9.17) is 16.3 Å². The quantitative estimate of drug-likeness (QED) is 0.865. The van der Waals surface area contributed by atoms with Crippen LogP contribution in [0.15, 0.2) is 40.9 Å². The van der Waals surface area contributed by atoms with Gasteiger partial charge in [0, 0.05) is 15.1 Å². The van der Waals surface area contributed by atoms with E-state index in [0.29, 0.717) is 20.8 Å². The van der Waals surface area contributed by atoms with Gasteiger partial charge in [0.25, 0.3) is 0 Å². The van der Waals surface area contributed by atoms with Crippen LogP contribution in [0.3, 0.4) is 0 Å². The number of benzene rings is 2. The van der Waals surface area contributed by atoms with Crippen molar-refractivity contribution in [3.8, 4) is 5.75 Å². The van der Waals surface area contributed by atoms with E-state index < -0.39 is 0 Å². The Hall–Kier alpha value is -1.10. The zero-order valence-electron chi connectivity index (χ0n) is 11.1. The van der Waals surface area contributed by atoms with E-state index in [0.717, 1.165) is 5.56 Å². The van der Waals surface area contributed by atoms with Crippen LogP contribution in [0.5, 0.6) is 5.75 Å². The number of hydrogen-bond donors (Lipinski definition) is 1. The summed E-state index contributed by atoms with van der Waals surface area (Å²) in [4.78, 5) is 0. The van der Waals surface area contributed by atoms with E-state index in [1.165, 1.54) is 6.07 Å². The third-order valence-electron chi connectivity index (χ3n) is 3.08. The van der Waals surface area contributed by atoms with Crippen LogP contribution in [-0.2, 0) is 0 Å². The second-order valence-corrected chi connectivity index (χ2v) is 5.60. The molecule has 0 saturated heterocycles. The fraction of sp³-hybridized carbons (Fsp3) is 0.200. The van der Waals surface area contributed by atoms with Gasteiger partial charge in [0.05, 0.1) is 13.2 Å². The second-order valence-electron chi connectivity index (χ2n) is 4.27. The average molecular weight is 359 g/mol. The highest BCUT2D eigenvalue weighted by Gasteiger charge is 2.19. The van der Waals surface area contributed by atoms with Crippen LogP contribution in [0.25, 0.3) is 0 Å². The van der Waals surface area contributed by atoms with Gasteiger partial charge in [-0.25, -0.2) is 4.39 Å². The number of methoxy groups -OCH3 is 1. The molecule has 0 bridgehead atoms. The Bertz CT molecular complexity index is 621. The van der Waals surface area contributed by atoms with Crippen molar-refractivity contribution in [1.29, 1.82) is 0 Å². The zero-order chi connectivity index (χ0) is 14.7. The van der Waals surface area contributed by atoms with Crippen molar-refractivity contribution in [1.82, 2.24) is 5.32 Å². The molecule has 0 heterocycles. The summed E-state index contributed by atoms with van der Waals surface area (Å²) in [5, 5.41) is 3.63. The molecule has 2 aromatic carbocycles. The summed E-state index contributed by atoms with van der Waals surface area (Å²) >= 11 is 9.52. The molecular formula is C15H14BrClFNO. The predicted octanol–water partition coefficient (Wildman–Crippen LogP) is 4.56. The summed E-state index contributed by atoms with van der Waals surface area (Å²) in [6, 6.07) is 10.0. The van der Waals surface area contributed by atoms with E-state index >= 15 is 0 Å². The average Bonchev–Trinajstić information content (AvgIpc) is 2.43. The van der Waals surface area contributed by atoms with Crippen molar-refractivity contribution in [2.75, 3.05) is 14.2 Å². The number of ether oxygens (including phenoxy) is 1. The molecule has 20 heavy (non-hydrogen) atoms. The molecule has 0 radical (unpaired) electrons. The minimum atomic E-state index is -0.318. The van der Waals surface area contributed by atoms with Gasteiger partial charge in [-0.1, -0.05) is 39.7 Å². The molecule has 0 aliphatic rings. The molecule has 106 valence electrons. The van der Waals surface area contributed by atoms with Crippen molar-refractivity contribution < 1.29 is 9.13 Å². The number of hydrogen-bond acceptors (Lipinski definition) is 2. The molecule has 5 heteroatoms. The third kappa shape index (κ3) is 3.14. The first kappa shape index (κ1) is 15.3. The summed E-state index contributed by atoms with van der Waals surface area (Å²) in [5.41, 5.74) is 1.35. The molecule has 2 rings (SSSR count). The smallest absolute Gasteiger partial charge is 0.129 e. The first-order chi connectivity index (χ1) is 9.56. The molecule has 1 N–H and O–H groups in total. The van der Waals surface area contributed by atoms with Gasteiger partial charge in [-0.15, -0.1) is 0 Å². The van der Waals surface area contributed by atoms with Crippen LogP contribution in [-0.4, -0.2) is 14.2 Å². The van der Waals surface area contributed by atoms with Crippen LogP contribution in [0.4, 0.5) is 4.39 Å². The lowest BCUT2D eigenvalue weighted by molar-refractivity contribution is 0.414. The number of halogens is 3. The lowest BCUT2D eigenvalue weighted by Crippen LogP contribution is -2.19. The van der Waals surface area contributed by atoms with E-state index in [1.54, 1.807) is 32.4 Å². The van der Waals surface area contributed by atoms with E-state index in [1.807, 2.05) is 12.1 Å². The van der Waals surface area contributed by atoms with Gasteiger partial charge in [0.1, 0.15) is 11.6 Å². The summed E-state index contributed by atoms with van der Waals surface area (Å²) in [6.07, 6.45) is 0. The summed E-state index contributed by atoms with van der Waals surface area (Å²) in [7, 11) is 3.35. The molecule has 0 aliphatic heterocycles. The molecule has 1 unspecified atom stereocenters. The standard InChI is InChI=1S/C15H14BrClFNO/c1-19-15(12-5-3-9(16)7-14(12)18)11-6-4-10(20-2)8-13(11)17/h3-8,15,19H,1-2H3. The van der Waals surface area contributed by atoms with E-state index in [2.05, 4.69) is 21.2 Å².